The molecule has 2 unspecified atom stereocenters. The summed E-state index contributed by atoms with van der Waals surface area (Å²) in [4.78, 5) is 10.3. The van der Waals surface area contributed by atoms with Gasteiger partial charge in [0.2, 0.25) is 8.32 Å². The summed E-state index contributed by atoms with van der Waals surface area (Å²) in [6, 6.07) is 6.48. The van der Waals surface area contributed by atoms with Crippen LogP contribution in [0.25, 0.3) is 0 Å². The molecule has 0 radical (unpaired) electrons. The van der Waals surface area contributed by atoms with E-state index >= 15 is 0 Å². The first kappa shape index (κ1) is 17.8. The van der Waals surface area contributed by atoms with E-state index in [1.807, 2.05) is 13.8 Å². The van der Waals surface area contributed by atoms with Crippen molar-refractivity contribution in [2.24, 2.45) is 5.73 Å². The second kappa shape index (κ2) is 6.25. The van der Waals surface area contributed by atoms with Gasteiger partial charge in [0.25, 0.3) is 5.69 Å². The molecule has 0 saturated carbocycles. The van der Waals surface area contributed by atoms with Crippen molar-refractivity contribution in [3.8, 4) is 0 Å². The normalized spacial score (nSPS) is 16.6. The summed E-state index contributed by atoms with van der Waals surface area (Å²) < 4.78 is 6.28. The van der Waals surface area contributed by atoms with Crippen LogP contribution in [-0.4, -0.2) is 19.3 Å². The minimum atomic E-state index is -2.29. The van der Waals surface area contributed by atoms with E-state index in [2.05, 4.69) is 27.3 Å². The highest BCUT2D eigenvalue weighted by Crippen LogP contribution is 2.44. The number of nitro benzene ring substituents is 1. The lowest BCUT2D eigenvalue weighted by Crippen LogP contribution is -2.54. The van der Waals surface area contributed by atoms with Gasteiger partial charge in [-0.2, -0.15) is 0 Å². The van der Waals surface area contributed by atoms with Gasteiger partial charge in [-0.15, -0.1) is 0 Å². The zero-order chi connectivity index (χ0) is 16.4. The molecule has 5 nitrogen and oxygen atoms in total. The summed E-state index contributed by atoms with van der Waals surface area (Å²) in [7, 11) is -2.29. The van der Waals surface area contributed by atoms with Crippen LogP contribution in [0.2, 0.25) is 11.6 Å². The van der Waals surface area contributed by atoms with Gasteiger partial charge >= 0.3 is 0 Å². The fraction of sp³-hybridized carbons (Fsp3) is 0.600. The van der Waals surface area contributed by atoms with Crippen LogP contribution < -0.4 is 5.73 Å². The number of nitrogens with zero attached hydrogens (tertiary/aromatic N) is 1. The molecule has 0 aliphatic rings. The van der Waals surface area contributed by atoms with Crippen LogP contribution in [0.15, 0.2) is 24.3 Å². The Labute approximate surface area is 127 Å². The van der Waals surface area contributed by atoms with Crippen LogP contribution in [-0.2, 0) is 4.43 Å². The summed E-state index contributed by atoms with van der Waals surface area (Å²) in [5.74, 6) is 0. The van der Waals surface area contributed by atoms with Crippen molar-refractivity contribution in [2.45, 2.75) is 58.0 Å². The van der Waals surface area contributed by atoms with Gasteiger partial charge in [0.15, 0.2) is 0 Å². The molecule has 0 saturated heterocycles. The molecule has 0 fully saturated rings. The van der Waals surface area contributed by atoms with Crippen LogP contribution in [0.5, 0.6) is 0 Å². The minimum Gasteiger partial charge on any atom is -0.412 e. The Morgan fingerprint density at radius 1 is 1.24 bits per heavy atom. The lowest BCUT2D eigenvalue weighted by atomic mass is 10.2. The topological polar surface area (TPSA) is 78.4 Å². The van der Waals surface area contributed by atoms with Crippen molar-refractivity contribution in [1.82, 2.24) is 0 Å². The van der Waals surface area contributed by atoms with Crippen molar-refractivity contribution < 1.29 is 9.35 Å². The monoisotopic (exact) mass is 310 g/mol. The number of rotatable bonds is 5. The van der Waals surface area contributed by atoms with Crippen molar-refractivity contribution >= 4 is 14.0 Å². The maximum atomic E-state index is 10.7. The van der Waals surface area contributed by atoms with E-state index in [0.717, 1.165) is 5.56 Å². The predicted molar refractivity (Wildman–Crippen MR) is 87.6 cm³/mol. The van der Waals surface area contributed by atoms with Crippen molar-refractivity contribution in [1.29, 1.82) is 0 Å². The molecule has 0 aliphatic heterocycles. The molecule has 2 N–H and O–H groups in total. The number of non-ortho nitro benzene ring substituents is 1. The van der Waals surface area contributed by atoms with Crippen molar-refractivity contribution in [2.75, 3.05) is 0 Å². The van der Waals surface area contributed by atoms with E-state index in [-0.39, 0.29) is 22.5 Å². The lowest BCUT2D eigenvalue weighted by molar-refractivity contribution is -0.384. The Morgan fingerprint density at radius 2 is 1.71 bits per heavy atom. The number of hydrogen-bond acceptors (Lipinski definition) is 4. The van der Waals surface area contributed by atoms with E-state index in [0.29, 0.717) is 0 Å². The summed E-state index contributed by atoms with van der Waals surface area (Å²) in [6.07, 6.45) is 0.102. The van der Waals surface area contributed by atoms with Crippen molar-refractivity contribution in [3.05, 3.63) is 39.9 Å². The Bertz CT molecular complexity index is 497. The molecule has 0 aromatic heterocycles. The summed E-state index contributed by atoms with van der Waals surface area (Å²) in [6.45, 7) is 12.6. The Hall–Kier alpha value is -1.24. The van der Waals surface area contributed by atoms with E-state index in [9.17, 15) is 10.1 Å². The molecule has 2 atom stereocenters. The lowest BCUT2D eigenvalue weighted by Gasteiger charge is -2.44. The highest BCUT2D eigenvalue weighted by Gasteiger charge is 2.48. The van der Waals surface area contributed by atoms with Gasteiger partial charge < -0.3 is 10.2 Å². The highest BCUT2D eigenvalue weighted by atomic mass is 28.4. The van der Waals surface area contributed by atoms with Gasteiger partial charge in [0.1, 0.15) is 0 Å². The van der Waals surface area contributed by atoms with E-state index in [1.54, 1.807) is 12.1 Å². The highest BCUT2D eigenvalue weighted by molar-refractivity contribution is 6.76. The SMILES string of the molecule is CC(C)O[Si](C)(C(N)c1ccc([N+](=O)[O-])cc1)C(C)(C)C. The minimum absolute atomic E-state index is 0.0432. The molecule has 0 amide bonds. The second-order valence-corrected chi connectivity index (χ2v) is 11.4. The van der Waals surface area contributed by atoms with Crippen LogP contribution in [0.3, 0.4) is 0 Å². The van der Waals surface area contributed by atoms with Gasteiger partial charge in [-0.25, -0.2) is 0 Å². The third-order valence-corrected chi connectivity index (χ3v) is 9.49. The molecule has 21 heavy (non-hydrogen) atoms. The molecule has 118 valence electrons. The standard InChI is InChI=1S/C15H26N2O3Si/c1-11(2)20-21(6,15(3,4)5)14(16)12-7-9-13(10-8-12)17(18)19/h7-11,14H,16H2,1-6H3. The Balaban J connectivity index is 3.16. The molecule has 0 bridgehead atoms. The van der Waals surface area contributed by atoms with Gasteiger partial charge in [0, 0.05) is 23.9 Å². The largest absolute Gasteiger partial charge is 0.412 e. The molecule has 1 aromatic rings. The van der Waals surface area contributed by atoms with Gasteiger partial charge in [-0.1, -0.05) is 32.9 Å². The molecule has 0 aliphatic carbocycles. The van der Waals surface area contributed by atoms with Crippen molar-refractivity contribution in [3.63, 3.8) is 0 Å². The third kappa shape index (κ3) is 3.90. The molecule has 0 heterocycles. The molecule has 1 rings (SSSR count). The first-order valence-electron chi connectivity index (χ1n) is 7.17. The number of hydrogen-bond donors (Lipinski definition) is 1. The summed E-state index contributed by atoms with van der Waals surface area (Å²) >= 11 is 0. The first-order chi connectivity index (χ1) is 9.49. The van der Waals surface area contributed by atoms with Gasteiger partial charge in [0.05, 0.1) is 4.92 Å². The van der Waals surface area contributed by atoms with Crippen LogP contribution in [0.4, 0.5) is 5.69 Å². The summed E-state index contributed by atoms with van der Waals surface area (Å²) in [5, 5.41) is 10.7. The quantitative estimate of drug-likeness (QED) is 0.507. The van der Waals surface area contributed by atoms with Crippen LogP contribution in [0, 0.1) is 10.1 Å². The predicted octanol–water partition coefficient (Wildman–Crippen LogP) is 3.93. The maximum absolute atomic E-state index is 10.7. The number of nitro groups is 1. The fourth-order valence-corrected chi connectivity index (χ4v) is 5.57. The molecule has 6 heteroatoms. The Morgan fingerprint density at radius 3 is 2.05 bits per heavy atom. The fourth-order valence-electron chi connectivity index (χ4n) is 2.33. The van der Waals surface area contributed by atoms with Gasteiger partial charge in [-0.05, 0) is 31.0 Å². The molecular weight excluding hydrogens is 284 g/mol. The van der Waals surface area contributed by atoms with Crippen LogP contribution >= 0.6 is 0 Å². The molecule has 1 aromatic carbocycles. The number of nitrogens with two attached hydrogens (primary N) is 1. The Kier molecular flexibility index (Phi) is 5.30. The zero-order valence-corrected chi connectivity index (χ0v) is 14.7. The maximum Gasteiger partial charge on any atom is 0.269 e. The number of benzene rings is 1. The summed E-state index contributed by atoms with van der Waals surface area (Å²) in [5.41, 5.74) is 7.24. The molecular formula is C15H26N2O3Si. The molecule has 0 spiro atoms. The van der Waals surface area contributed by atoms with E-state index in [1.165, 1.54) is 12.1 Å². The van der Waals surface area contributed by atoms with Gasteiger partial charge in [-0.3, -0.25) is 10.1 Å². The smallest absolute Gasteiger partial charge is 0.269 e. The van der Waals surface area contributed by atoms with E-state index < -0.39 is 13.2 Å². The third-order valence-electron chi connectivity index (χ3n) is 4.03. The second-order valence-electron chi connectivity index (χ2n) is 6.85. The zero-order valence-electron chi connectivity index (χ0n) is 13.7. The van der Waals surface area contributed by atoms with E-state index in [4.69, 9.17) is 10.2 Å². The average Bonchev–Trinajstić information content (AvgIpc) is 2.35. The average molecular weight is 310 g/mol. The first-order valence-corrected chi connectivity index (χ1v) is 9.65. The van der Waals surface area contributed by atoms with Crippen LogP contribution in [0.1, 0.15) is 45.8 Å².